The van der Waals surface area contributed by atoms with Gasteiger partial charge in [-0.25, -0.2) is 0 Å². The number of hydrogen-bond donors (Lipinski definition) is 0. The molecule has 0 aliphatic carbocycles. The van der Waals surface area contributed by atoms with Crippen LogP contribution in [0.3, 0.4) is 0 Å². The van der Waals surface area contributed by atoms with E-state index in [0.29, 0.717) is 10.6 Å². The summed E-state index contributed by atoms with van der Waals surface area (Å²) < 4.78 is 7.24. The Kier molecular flexibility index (Phi) is 2.37. The summed E-state index contributed by atoms with van der Waals surface area (Å²) in [5.74, 6) is 0.502. The van der Waals surface area contributed by atoms with Gasteiger partial charge in [-0.15, -0.1) is 0 Å². The second kappa shape index (κ2) is 3.53. The van der Waals surface area contributed by atoms with Crippen molar-refractivity contribution in [3.05, 3.63) is 16.6 Å². The van der Waals surface area contributed by atoms with Crippen LogP contribution in [0.5, 0.6) is 0 Å². The zero-order valence-electron chi connectivity index (χ0n) is 7.86. The van der Waals surface area contributed by atoms with E-state index in [-0.39, 0.29) is 0 Å². The topological polar surface area (TPSA) is 56.7 Å². The molecule has 0 unspecified atom stereocenters. The molecule has 0 radical (unpaired) electrons. The van der Waals surface area contributed by atoms with Gasteiger partial charge < -0.3 is 4.52 Å². The molecule has 2 aromatic heterocycles. The van der Waals surface area contributed by atoms with E-state index in [1.165, 1.54) is 0 Å². The Morgan fingerprint density at radius 3 is 2.93 bits per heavy atom. The second-order valence-corrected chi connectivity index (χ2v) is 3.59. The smallest absolute Gasteiger partial charge is 0.262 e. The van der Waals surface area contributed by atoms with Gasteiger partial charge in [0, 0.05) is 13.2 Å². The summed E-state index contributed by atoms with van der Waals surface area (Å²) in [4.78, 5) is 4.09. The summed E-state index contributed by atoms with van der Waals surface area (Å²) in [5.41, 5.74) is 1.86. The summed E-state index contributed by atoms with van der Waals surface area (Å²) in [7, 11) is 1.87. The first-order valence-corrected chi connectivity index (χ1v) is 5.02. The lowest BCUT2D eigenvalue weighted by Gasteiger charge is -1.90. The Morgan fingerprint density at radius 1 is 1.57 bits per heavy atom. The third-order valence-corrected chi connectivity index (χ3v) is 2.19. The van der Waals surface area contributed by atoms with Crippen molar-refractivity contribution in [2.45, 2.75) is 13.3 Å². The van der Waals surface area contributed by atoms with Gasteiger partial charge >= 0.3 is 0 Å². The van der Waals surface area contributed by atoms with Gasteiger partial charge in [-0.1, -0.05) is 6.92 Å². The molecule has 5 nitrogen and oxygen atoms in total. The predicted octanol–water partition coefficient (Wildman–Crippen LogP) is 1.79. The van der Waals surface area contributed by atoms with E-state index < -0.39 is 0 Å². The Morgan fingerprint density at radius 2 is 2.36 bits per heavy atom. The molecule has 14 heavy (non-hydrogen) atoms. The molecule has 2 rings (SSSR count). The molecule has 0 aromatic carbocycles. The van der Waals surface area contributed by atoms with Crippen molar-refractivity contribution in [2.75, 3.05) is 0 Å². The highest BCUT2D eigenvalue weighted by Crippen LogP contribution is 2.22. The van der Waals surface area contributed by atoms with Crippen molar-refractivity contribution in [2.24, 2.45) is 7.05 Å². The van der Waals surface area contributed by atoms with Crippen LogP contribution in [0.15, 0.2) is 15.5 Å². The quantitative estimate of drug-likeness (QED) is 0.823. The van der Waals surface area contributed by atoms with Crippen molar-refractivity contribution in [3.63, 3.8) is 0 Å². The van der Waals surface area contributed by atoms with Crippen LogP contribution in [0.2, 0.25) is 0 Å². The number of rotatable bonds is 2. The average Bonchev–Trinajstić information content (AvgIpc) is 2.71. The first-order valence-electron chi connectivity index (χ1n) is 4.22. The Labute approximate surface area is 89.2 Å². The van der Waals surface area contributed by atoms with E-state index in [1.807, 2.05) is 20.2 Å². The van der Waals surface area contributed by atoms with Gasteiger partial charge in [-0.3, -0.25) is 4.68 Å². The zero-order chi connectivity index (χ0) is 10.1. The zero-order valence-corrected chi connectivity index (χ0v) is 9.45. The van der Waals surface area contributed by atoms with Crippen molar-refractivity contribution in [3.8, 4) is 11.5 Å². The van der Waals surface area contributed by atoms with E-state index in [9.17, 15) is 0 Å². The lowest BCUT2D eigenvalue weighted by Crippen LogP contribution is -1.89. The number of nitrogens with zero attached hydrogens (tertiary/aromatic N) is 4. The van der Waals surface area contributed by atoms with Gasteiger partial charge in [0.2, 0.25) is 4.73 Å². The fourth-order valence-corrected chi connectivity index (χ4v) is 1.52. The highest BCUT2D eigenvalue weighted by atomic mass is 79.9. The molecule has 0 spiro atoms. The van der Waals surface area contributed by atoms with Crippen molar-refractivity contribution >= 4 is 15.9 Å². The average molecular weight is 257 g/mol. The third kappa shape index (κ3) is 1.57. The first kappa shape index (κ1) is 9.39. The number of aryl methyl sites for hydroxylation is 2. The summed E-state index contributed by atoms with van der Waals surface area (Å²) in [6.07, 6.45) is 2.72. The molecule has 2 aromatic rings. The Bertz CT molecular complexity index is 448. The maximum Gasteiger partial charge on any atom is 0.262 e. The van der Waals surface area contributed by atoms with Gasteiger partial charge in [0.25, 0.3) is 5.89 Å². The van der Waals surface area contributed by atoms with Crippen molar-refractivity contribution in [1.29, 1.82) is 0 Å². The van der Waals surface area contributed by atoms with E-state index in [1.54, 1.807) is 4.68 Å². The molecule has 0 aliphatic heterocycles. The number of hydrogen-bond acceptors (Lipinski definition) is 4. The molecule has 74 valence electrons. The van der Waals surface area contributed by atoms with E-state index in [0.717, 1.165) is 17.7 Å². The summed E-state index contributed by atoms with van der Waals surface area (Å²) in [5, 5.41) is 7.96. The fraction of sp³-hybridized carbons (Fsp3) is 0.375. The molecule has 0 bridgehead atoms. The Hall–Kier alpha value is -1.17. The van der Waals surface area contributed by atoms with Gasteiger partial charge in [0.05, 0.1) is 11.3 Å². The van der Waals surface area contributed by atoms with Crippen LogP contribution in [0, 0.1) is 0 Å². The third-order valence-electron chi connectivity index (χ3n) is 1.87. The fourth-order valence-electron chi connectivity index (χ4n) is 1.29. The van der Waals surface area contributed by atoms with Gasteiger partial charge in [0.15, 0.2) is 0 Å². The standard InChI is InChI=1S/C8H9BrN4O/c1-3-6-5(4-13(2)11-6)7-10-8(9)12-14-7/h4H,3H2,1-2H3. The van der Waals surface area contributed by atoms with E-state index in [4.69, 9.17) is 4.52 Å². The number of aromatic nitrogens is 4. The summed E-state index contributed by atoms with van der Waals surface area (Å²) in [6.45, 7) is 2.04. The lowest BCUT2D eigenvalue weighted by molar-refractivity contribution is 0.426. The molecule has 6 heteroatoms. The molecule has 0 saturated carbocycles. The molecule has 0 N–H and O–H groups in total. The minimum Gasteiger partial charge on any atom is -0.333 e. The largest absolute Gasteiger partial charge is 0.333 e. The summed E-state index contributed by atoms with van der Waals surface area (Å²) >= 11 is 3.14. The monoisotopic (exact) mass is 256 g/mol. The molecule has 0 fully saturated rings. The van der Waals surface area contributed by atoms with Crippen LogP contribution < -0.4 is 0 Å². The van der Waals surface area contributed by atoms with Crippen LogP contribution in [-0.4, -0.2) is 19.9 Å². The molecule has 0 saturated heterocycles. The minimum absolute atomic E-state index is 0.457. The Balaban J connectivity index is 2.49. The van der Waals surface area contributed by atoms with Gasteiger partial charge in [-0.05, 0) is 27.5 Å². The van der Waals surface area contributed by atoms with E-state index >= 15 is 0 Å². The number of halogens is 1. The summed E-state index contributed by atoms with van der Waals surface area (Å²) in [6, 6.07) is 0. The van der Waals surface area contributed by atoms with Crippen LogP contribution in [-0.2, 0) is 13.5 Å². The van der Waals surface area contributed by atoms with Crippen LogP contribution in [0.4, 0.5) is 0 Å². The van der Waals surface area contributed by atoms with Crippen molar-refractivity contribution < 1.29 is 4.52 Å². The highest BCUT2D eigenvalue weighted by molar-refractivity contribution is 9.10. The predicted molar refractivity (Wildman–Crippen MR) is 53.6 cm³/mol. The maximum absolute atomic E-state index is 5.04. The molecular weight excluding hydrogens is 248 g/mol. The second-order valence-electron chi connectivity index (χ2n) is 2.89. The lowest BCUT2D eigenvalue weighted by atomic mass is 10.2. The SMILES string of the molecule is CCc1nn(C)cc1-c1nc(Br)no1. The van der Waals surface area contributed by atoms with Gasteiger partial charge in [0.1, 0.15) is 0 Å². The van der Waals surface area contributed by atoms with Crippen LogP contribution in [0.25, 0.3) is 11.5 Å². The molecule has 0 aliphatic rings. The van der Waals surface area contributed by atoms with E-state index in [2.05, 4.69) is 31.2 Å². The molecule has 0 atom stereocenters. The first-order chi connectivity index (χ1) is 6.70. The van der Waals surface area contributed by atoms with Crippen LogP contribution in [0.1, 0.15) is 12.6 Å². The molecule has 2 heterocycles. The van der Waals surface area contributed by atoms with Gasteiger partial charge in [-0.2, -0.15) is 10.1 Å². The normalized spacial score (nSPS) is 10.8. The van der Waals surface area contributed by atoms with Crippen LogP contribution >= 0.6 is 15.9 Å². The molecular formula is C8H9BrN4O. The van der Waals surface area contributed by atoms with Crippen molar-refractivity contribution in [1.82, 2.24) is 19.9 Å². The highest BCUT2D eigenvalue weighted by Gasteiger charge is 2.14. The molecule has 0 amide bonds. The maximum atomic E-state index is 5.04. The minimum atomic E-state index is 0.457.